The van der Waals surface area contributed by atoms with Crippen LogP contribution in [0.5, 0.6) is 0 Å². The molecule has 1 aromatic heterocycles. The average Bonchev–Trinajstić information content (AvgIpc) is 2.25. The lowest BCUT2D eigenvalue weighted by molar-refractivity contribution is -0.132. The van der Waals surface area contributed by atoms with E-state index in [0.717, 1.165) is 0 Å². The maximum Gasteiger partial charge on any atom is 0.226 e. The summed E-state index contributed by atoms with van der Waals surface area (Å²) in [6.07, 6.45) is 3.22. The Morgan fingerprint density at radius 3 is 2.41 bits per heavy atom. The van der Waals surface area contributed by atoms with E-state index in [0.29, 0.717) is 5.56 Å². The average molecular weight is 234 g/mol. The van der Waals surface area contributed by atoms with Crippen molar-refractivity contribution in [3.05, 3.63) is 30.1 Å². The Bertz CT molecular complexity index is 407. The van der Waals surface area contributed by atoms with Crippen molar-refractivity contribution in [1.29, 1.82) is 0 Å². The van der Waals surface area contributed by atoms with Gasteiger partial charge in [-0.1, -0.05) is 26.8 Å². The van der Waals surface area contributed by atoms with Crippen LogP contribution in [0.2, 0.25) is 0 Å². The van der Waals surface area contributed by atoms with Crippen LogP contribution in [0, 0.1) is 5.41 Å². The molecular weight excluding hydrogens is 216 g/mol. The Labute approximate surface area is 101 Å². The highest BCUT2D eigenvalue weighted by Crippen LogP contribution is 2.18. The van der Waals surface area contributed by atoms with Crippen molar-refractivity contribution in [2.75, 3.05) is 0 Å². The predicted molar refractivity (Wildman–Crippen MR) is 65.3 cm³/mol. The van der Waals surface area contributed by atoms with Gasteiger partial charge >= 0.3 is 0 Å². The van der Waals surface area contributed by atoms with Crippen LogP contribution in [0.15, 0.2) is 24.5 Å². The molecule has 0 aliphatic rings. The number of carbonyl (C=O) groups is 2. The van der Waals surface area contributed by atoms with Crippen molar-refractivity contribution in [2.45, 2.75) is 33.7 Å². The molecule has 1 atom stereocenters. The Hall–Kier alpha value is -1.71. The van der Waals surface area contributed by atoms with Gasteiger partial charge in [0.25, 0.3) is 0 Å². The molecular formula is C13H18N2O2. The Kier molecular flexibility index (Phi) is 3.99. The van der Waals surface area contributed by atoms with E-state index in [9.17, 15) is 9.59 Å². The minimum absolute atomic E-state index is 0.101. The zero-order valence-corrected chi connectivity index (χ0v) is 10.7. The Morgan fingerprint density at radius 2 is 2.00 bits per heavy atom. The molecule has 4 nitrogen and oxygen atoms in total. The van der Waals surface area contributed by atoms with Crippen molar-refractivity contribution in [3.63, 3.8) is 0 Å². The zero-order chi connectivity index (χ0) is 13.1. The number of hydrogen-bond acceptors (Lipinski definition) is 3. The summed E-state index contributed by atoms with van der Waals surface area (Å²) in [4.78, 5) is 27.4. The molecule has 0 saturated carbocycles. The fourth-order valence-corrected chi connectivity index (χ4v) is 1.31. The summed E-state index contributed by atoms with van der Waals surface area (Å²) in [5, 5.41) is 2.74. The van der Waals surface area contributed by atoms with Crippen molar-refractivity contribution in [2.24, 2.45) is 5.41 Å². The molecule has 17 heavy (non-hydrogen) atoms. The molecule has 0 aromatic carbocycles. The second kappa shape index (κ2) is 5.08. The number of amides is 1. The monoisotopic (exact) mass is 234 g/mol. The summed E-state index contributed by atoms with van der Waals surface area (Å²) in [5.41, 5.74) is 0.188. The largest absolute Gasteiger partial charge is 0.342 e. The normalized spacial score (nSPS) is 12.9. The van der Waals surface area contributed by atoms with E-state index < -0.39 is 11.5 Å². The summed E-state index contributed by atoms with van der Waals surface area (Å²) in [6.45, 7) is 6.88. The lowest BCUT2D eigenvalue weighted by Crippen LogP contribution is -2.39. The van der Waals surface area contributed by atoms with Gasteiger partial charge in [0.15, 0.2) is 5.78 Å². The van der Waals surface area contributed by atoms with E-state index in [1.165, 1.54) is 6.92 Å². The van der Waals surface area contributed by atoms with Gasteiger partial charge in [-0.3, -0.25) is 14.6 Å². The van der Waals surface area contributed by atoms with Crippen LogP contribution in [-0.2, 0) is 9.59 Å². The SMILES string of the molecule is CC(=O)C(NC(=O)C(C)(C)C)c1cccnc1. The van der Waals surface area contributed by atoms with Crippen molar-refractivity contribution >= 4 is 11.7 Å². The number of nitrogens with zero attached hydrogens (tertiary/aromatic N) is 1. The standard InChI is InChI=1S/C13H18N2O2/c1-9(16)11(10-6-5-7-14-8-10)15-12(17)13(2,3)4/h5-8,11H,1-4H3,(H,15,17). The fourth-order valence-electron chi connectivity index (χ4n) is 1.31. The first kappa shape index (κ1) is 13.4. The maximum atomic E-state index is 11.9. The molecule has 4 heteroatoms. The third-order valence-electron chi connectivity index (χ3n) is 2.38. The smallest absolute Gasteiger partial charge is 0.226 e. The van der Waals surface area contributed by atoms with Crippen LogP contribution in [0.4, 0.5) is 0 Å². The Balaban J connectivity index is 2.90. The van der Waals surface area contributed by atoms with E-state index in [2.05, 4.69) is 10.3 Å². The summed E-state index contributed by atoms with van der Waals surface area (Å²) in [6, 6.07) is 2.91. The van der Waals surface area contributed by atoms with Gasteiger partial charge in [0, 0.05) is 23.4 Å². The minimum atomic E-state index is -0.615. The number of nitrogens with one attached hydrogen (secondary N) is 1. The van der Waals surface area contributed by atoms with Gasteiger partial charge in [0.1, 0.15) is 6.04 Å². The summed E-state index contributed by atoms with van der Waals surface area (Å²) < 4.78 is 0. The molecule has 0 bridgehead atoms. The van der Waals surface area contributed by atoms with Crippen LogP contribution in [0.25, 0.3) is 0 Å². The topological polar surface area (TPSA) is 59.1 Å². The summed E-state index contributed by atoms with van der Waals surface area (Å²) >= 11 is 0. The number of pyridine rings is 1. The first-order valence-electron chi connectivity index (χ1n) is 5.53. The van der Waals surface area contributed by atoms with Crippen LogP contribution >= 0.6 is 0 Å². The van der Waals surface area contributed by atoms with Gasteiger partial charge in [-0.15, -0.1) is 0 Å². The highest BCUT2D eigenvalue weighted by atomic mass is 16.2. The molecule has 1 amide bonds. The second-order valence-corrected chi connectivity index (χ2v) is 5.05. The first-order valence-corrected chi connectivity index (χ1v) is 5.53. The van der Waals surface area contributed by atoms with Gasteiger partial charge in [-0.05, 0) is 13.0 Å². The molecule has 0 aliphatic carbocycles. The van der Waals surface area contributed by atoms with Crippen LogP contribution in [-0.4, -0.2) is 16.7 Å². The highest BCUT2D eigenvalue weighted by molar-refractivity contribution is 5.90. The van der Waals surface area contributed by atoms with E-state index in [1.54, 1.807) is 24.5 Å². The number of Topliss-reactive ketones (excluding diaryl/α,β-unsaturated/α-hetero) is 1. The molecule has 92 valence electrons. The molecule has 0 aliphatic heterocycles. The number of carbonyl (C=O) groups excluding carboxylic acids is 2. The summed E-state index contributed by atoms with van der Waals surface area (Å²) in [7, 11) is 0. The highest BCUT2D eigenvalue weighted by Gasteiger charge is 2.26. The number of ketones is 1. The minimum Gasteiger partial charge on any atom is -0.342 e. The predicted octanol–water partition coefficient (Wildman–Crippen LogP) is 1.87. The molecule has 0 saturated heterocycles. The van der Waals surface area contributed by atoms with E-state index in [4.69, 9.17) is 0 Å². The van der Waals surface area contributed by atoms with Crippen molar-refractivity contribution in [3.8, 4) is 0 Å². The van der Waals surface area contributed by atoms with Crippen LogP contribution < -0.4 is 5.32 Å². The van der Waals surface area contributed by atoms with Gasteiger partial charge < -0.3 is 5.32 Å². The van der Waals surface area contributed by atoms with Gasteiger partial charge in [0.2, 0.25) is 5.91 Å². The third kappa shape index (κ3) is 3.66. The maximum absolute atomic E-state index is 11.9. The van der Waals surface area contributed by atoms with Gasteiger partial charge in [-0.25, -0.2) is 0 Å². The van der Waals surface area contributed by atoms with Crippen molar-refractivity contribution < 1.29 is 9.59 Å². The first-order chi connectivity index (χ1) is 7.82. The van der Waals surface area contributed by atoms with E-state index in [1.807, 2.05) is 20.8 Å². The van der Waals surface area contributed by atoms with E-state index >= 15 is 0 Å². The lowest BCUT2D eigenvalue weighted by Gasteiger charge is -2.22. The number of hydrogen-bond donors (Lipinski definition) is 1. The third-order valence-corrected chi connectivity index (χ3v) is 2.38. The molecule has 1 rings (SSSR count). The number of aromatic nitrogens is 1. The molecule has 1 aromatic rings. The van der Waals surface area contributed by atoms with Crippen LogP contribution in [0.3, 0.4) is 0 Å². The Morgan fingerprint density at radius 1 is 1.35 bits per heavy atom. The molecule has 1 N–H and O–H groups in total. The molecule has 0 radical (unpaired) electrons. The van der Waals surface area contributed by atoms with Gasteiger partial charge in [-0.2, -0.15) is 0 Å². The lowest BCUT2D eigenvalue weighted by atomic mass is 9.94. The quantitative estimate of drug-likeness (QED) is 0.868. The molecule has 0 spiro atoms. The van der Waals surface area contributed by atoms with Crippen LogP contribution in [0.1, 0.15) is 39.3 Å². The van der Waals surface area contributed by atoms with E-state index in [-0.39, 0.29) is 11.7 Å². The zero-order valence-electron chi connectivity index (χ0n) is 10.7. The summed E-state index contributed by atoms with van der Waals surface area (Å²) in [5.74, 6) is -0.253. The fraction of sp³-hybridized carbons (Fsp3) is 0.462. The number of rotatable bonds is 3. The molecule has 1 heterocycles. The van der Waals surface area contributed by atoms with Gasteiger partial charge in [0.05, 0.1) is 0 Å². The second-order valence-electron chi connectivity index (χ2n) is 5.05. The molecule has 1 unspecified atom stereocenters. The van der Waals surface area contributed by atoms with Crippen molar-refractivity contribution in [1.82, 2.24) is 10.3 Å². The molecule has 0 fully saturated rings.